The van der Waals surface area contributed by atoms with E-state index in [4.69, 9.17) is 27.6 Å². The summed E-state index contributed by atoms with van der Waals surface area (Å²) in [4.78, 5) is 9.79. The minimum atomic E-state index is -1.20. The molecule has 7 heteroatoms. The fraction of sp³-hybridized carbons (Fsp3) is 0.0909. The summed E-state index contributed by atoms with van der Waals surface area (Å²) in [6.45, 7) is 0. The molecule has 1 aromatic carbocycles. The van der Waals surface area contributed by atoms with Crippen molar-refractivity contribution in [2.75, 3.05) is 0 Å². The standard InChI is InChI=1S/C11H7Cl2NO4/c12-6-1-2-8(13)7(5-6)11(15)9-3-4-10(18-9)14(16)17/h1-5,11,15H. The average Bonchev–Trinajstić information content (AvgIpc) is 2.81. The van der Waals surface area contributed by atoms with Crippen LogP contribution < -0.4 is 0 Å². The first-order chi connectivity index (χ1) is 8.49. The second-order valence-corrected chi connectivity index (χ2v) is 4.35. The van der Waals surface area contributed by atoms with Crippen molar-refractivity contribution in [3.05, 3.63) is 61.8 Å². The molecule has 0 amide bonds. The van der Waals surface area contributed by atoms with E-state index < -0.39 is 16.9 Å². The van der Waals surface area contributed by atoms with Gasteiger partial charge in [0.1, 0.15) is 16.8 Å². The monoisotopic (exact) mass is 287 g/mol. The first-order valence-electron chi connectivity index (χ1n) is 4.86. The van der Waals surface area contributed by atoms with Gasteiger partial charge in [0, 0.05) is 15.6 Å². The van der Waals surface area contributed by atoms with Crippen LogP contribution in [0.3, 0.4) is 0 Å². The summed E-state index contributed by atoms with van der Waals surface area (Å²) < 4.78 is 4.91. The van der Waals surface area contributed by atoms with Crippen molar-refractivity contribution in [2.45, 2.75) is 6.10 Å². The summed E-state index contributed by atoms with van der Waals surface area (Å²) in [6.07, 6.45) is -1.20. The largest absolute Gasteiger partial charge is 0.433 e. The smallest absolute Gasteiger partial charge is 0.403 e. The van der Waals surface area contributed by atoms with Gasteiger partial charge in [0.15, 0.2) is 0 Å². The van der Waals surface area contributed by atoms with Gasteiger partial charge in [-0.2, -0.15) is 0 Å². The third-order valence-corrected chi connectivity index (χ3v) is 2.89. The van der Waals surface area contributed by atoms with Gasteiger partial charge in [0.2, 0.25) is 0 Å². The number of nitrogens with zero attached hydrogens (tertiary/aromatic N) is 1. The quantitative estimate of drug-likeness (QED) is 0.691. The van der Waals surface area contributed by atoms with E-state index in [0.29, 0.717) is 15.6 Å². The van der Waals surface area contributed by atoms with Crippen LogP contribution in [-0.2, 0) is 0 Å². The zero-order valence-electron chi connectivity index (χ0n) is 8.84. The van der Waals surface area contributed by atoms with Gasteiger partial charge in [-0.05, 0) is 24.3 Å². The summed E-state index contributed by atoms with van der Waals surface area (Å²) in [5.41, 5.74) is 0.327. The molecule has 1 heterocycles. The van der Waals surface area contributed by atoms with E-state index in [2.05, 4.69) is 0 Å². The Labute approximate surface area is 112 Å². The Balaban J connectivity index is 2.37. The SMILES string of the molecule is O=[N+]([O-])c1ccc(C(O)c2cc(Cl)ccc2Cl)o1. The molecule has 1 atom stereocenters. The number of nitro groups is 1. The summed E-state index contributed by atoms with van der Waals surface area (Å²) in [7, 11) is 0. The lowest BCUT2D eigenvalue weighted by Gasteiger charge is -2.10. The molecule has 2 rings (SSSR count). The summed E-state index contributed by atoms with van der Waals surface area (Å²) >= 11 is 11.7. The van der Waals surface area contributed by atoms with Crippen molar-refractivity contribution >= 4 is 29.1 Å². The molecule has 0 saturated heterocycles. The Morgan fingerprint density at radius 3 is 2.61 bits per heavy atom. The molecule has 0 aliphatic heterocycles. The van der Waals surface area contributed by atoms with E-state index in [-0.39, 0.29) is 5.76 Å². The van der Waals surface area contributed by atoms with Gasteiger partial charge in [-0.3, -0.25) is 10.1 Å². The zero-order valence-corrected chi connectivity index (χ0v) is 10.4. The van der Waals surface area contributed by atoms with Gasteiger partial charge in [-0.1, -0.05) is 23.2 Å². The normalized spacial score (nSPS) is 12.4. The number of benzene rings is 1. The van der Waals surface area contributed by atoms with E-state index >= 15 is 0 Å². The van der Waals surface area contributed by atoms with E-state index in [0.717, 1.165) is 6.07 Å². The molecule has 1 aromatic heterocycles. The highest BCUT2D eigenvalue weighted by atomic mass is 35.5. The molecule has 2 aromatic rings. The molecule has 1 N–H and O–H groups in total. The number of aliphatic hydroxyl groups is 1. The molecule has 94 valence electrons. The van der Waals surface area contributed by atoms with Crippen LogP contribution in [0.15, 0.2) is 34.7 Å². The molecule has 0 spiro atoms. The van der Waals surface area contributed by atoms with Gasteiger partial charge in [-0.15, -0.1) is 0 Å². The van der Waals surface area contributed by atoms with Crippen LogP contribution in [0.4, 0.5) is 5.88 Å². The van der Waals surface area contributed by atoms with E-state index in [9.17, 15) is 15.2 Å². The summed E-state index contributed by atoms with van der Waals surface area (Å²) in [6, 6.07) is 7.06. The zero-order chi connectivity index (χ0) is 13.3. The number of aliphatic hydroxyl groups excluding tert-OH is 1. The Kier molecular flexibility index (Phi) is 3.56. The lowest BCUT2D eigenvalue weighted by molar-refractivity contribution is -0.402. The van der Waals surface area contributed by atoms with Gasteiger partial charge >= 0.3 is 5.88 Å². The second kappa shape index (κ2) is 4.97. The number of hydrogen-bond donors (Lipinski definition) is 1. The van der Waals surface area contributed by atoms with Crippen LogP contribution in [0.2, 0.25) is 10.0 Å². The molecule has 5 nitrogen and oxygen atoms in total. The molecular weight excluding hydrogens is 281 g/mol. The highest BCUT2D eigenvalue weighted by Crippen LogP contribution is 2.32. The molecule has 18 heavy (non-hydrogen) atoms. The highest BCUT2D eigenvalue weighted by Gasteiger charge is 2.21. The fourth-order valence-electron chi connectivity index (χ4n) is 1.46. The van der Waals surface area contributed by atoms with Crippen LogP contribution in [0.5, 0.6) is 0 Å². The predicted molar refractivity (Wildman–Crippen MR) is 65.9 cm³/mol. The summed E-state index contributed by atoms with van der Waals surface area (Å²) in [5, 5.41) is 21.2. The average molecular weight is 288 g/mol. The van der Waals surface area contributed by atoms with E-state index in [1.165, 1.54) is 18.2 Å². The molecule has 1 unspecified atom stereocenters. The van der Waals surface area contributed by atoms with Crippen LogP contribution >= 0.6 is 23.2 Å². The van der Waals surface area contributed by atoms with Crippen LogP contribution in [0.1, 0.15) is 17.4 Å². The Morgan fingerprint density at radius 2 is 2.00 bits per heavy atom. The van der Waals surface area contributed by atoms with E-state index in [1.54, 1.807) is 6.07 Å². The summed E-state index contributed by atoms with van der Waals surface area (Å²) in [5.74, 6) is -0.409. The van der Waals surface area contributed by atoms with Crippen LogP contribution in [-0.4, -0.2) is 10.0 Å². The lowest BCUT2D eigenvalue weighted by Crippen LogP contribution is -1.99. The number of halogens is 2. The number of hydrogen-bond acceptors (Lipinski definition) is 4. The van der Waals surface area contributed by atoms with Crippen molar-refractivity contribution in [1.82, 2.24) is 0 Å². The van der Waals surface area contributed by atoms with Gasteiger partial charge in [-0.25, -0.2) is 0 Å². The number of rotatable bonds is 3. The highest BCUT2D eigenvalue weighted by molar-refractivity contribution is 6.33. The maximum Gasteiger partial charge on any atom is 0.433 e. The minimum Gasteiger partial charge on any atom is -0.403 e. The van der Waals surface area contributed by atoms with E-state index in [1.807, 2.05) is 0 Å². The molecule has 0 aliphatic carbocycles. The molecule has 0 aliphatic rings. The maximum atomic E-state index is 10.5. The molecule has 0 saturated carbocycles. The minimum absolute atomic E-state index is 0.0332. The van der Waals surface area contributed by atoms with Gasteiger partial charge in [0.05, 0.1) is 6.07 Å². The van der Waals surface area contributed by atoms with Gasteiger partial charge < -0.3 is 9.52 Å². The third-order valence-electron chi connectivity index (χ3n) is 2.31. The van der Waals surface area contributed by atoms with Gasteiger partial charge in [0.25, 0.3) is 0 Å². The molecule has 0 bridgehead atoms. The van der Waals surface area contributed by atoms with Crippen LogP contribution in [0, 0.1) is 10.1 Å². The first-order valence-corrected chi connectivity index (χ1v) is 5.62. The van der Waals surface area contributed by atoms with Crippen molar-refractivity contribution in [3.8, 4) is 0 Å². The topological polar surface area (TPSA) is 76.5 Å². The number of furan rings is 1. The molecular formula is C11H7Cl2NO4. The fourth-order valence-corrected chi connectivity index (χ4v) is 1.87. The third kappa shape index (κ3) is 2.48. The lowest BCUT2D eigenvalue weighted by atomic mass is 10.1. The molecule has 0 radical (unpaired) electrons. The van der Waals surface area contributed by atoms with Crippen molar-refractivity contribution in [1.29, 1.82) is 0 Å². The Hall–Kier alpha value is -1.56. The van der Waals surface area contributed by atoms with Crippen molar-refractivity contribution < 1.29 is 14.4 Å². The Morgan fingerprint density at radius 1 is 1.28 bits per heavy atom. The first kappa shape index (κ1) is 12.9. The maximum absolute atomic E-state index is 10.5. The predicted octanol–water partition coefficient (Wildman–Crippen LogP) is 3.58. The van der Waals surface area contributed by atoms with Crippen molar-refractivity contribution in [3.63, 3.8) is 0 Å². The Bertz CT molecular complexity index is 596. The van der Waals surface area contributed by atoms with Crippen molar-refractivity contribution in [2.24, 2.45) is 0 Å². The second-order valence-electron chi connectivity index (χ2n) is 3.50. The molecule has 0 fully saturated rings. The van der Waals surface area contributed by atoms with Crippen LogP contribution in [0.25, 0.3) is 0 Å².